The third kappa shape index (κ3) is 2.97. The number of nitrogens with one attached hydrogen (secondary N) is 1. The molecule has 0 bridgehead atoms. The second-order valence-electron chi connectivity index (χ2n) is 5.96. The van der Waals surface area contributed by atoms with Crippen molar-refractivity contribution in [3.63, 3.8) is 0 Å². The Morgan fingerprint density at radius 3 is 2.96 bits per heavy atom. The van der Waals surface area contributed by atoms with Crippen LogP contribution in [0.4, 0.5) is 5.82 Å². The monoisotopic (exact) mass is 361 g/mol. The average Bonchev–Trinajstić information content (AvgIpc) is 3.48. The van der Waals surface area contributed by atoms with Crippen LogP contribution in [0.1, 0.15) is 5.56 Å². The number of anilines is 1. The minimum absolute atomic E-state index is 0.261. The van der Waals surface area contributed by atoms with E-state index in [2.05, 4.69) is 20.3 Å². The number of fused-ring (bicyclic) bond motifs is 1. The van der Waals surface area contributed by atoms with Gasteiger partial charge in [0.25, 0.3) is 0 Å². The van der Waals surface area contributed by atoms with Crippen LogP contribution in [0.2, 0.25) is 0 Å². The number of hydrogen-bond donors (Lipinski definition) is 1. The summed E-state index contributed by atoms with van der Waals surface area (Å²) < 4.78 is 17.8. The molecule has 5 rings (SSSR count). The molecule has 1 N–H and O–H groups in total. The van der Waals surface area contributed by atoms with Crippen LogP contribution < -0.4 is 14.8 Å². The number of hydrogen-bond acceptors (Lipinski definition) is 7. The summed E-state index contributed by atoms with van der Waals surface area (Å²) in [4.78, 5) is 13.1. The van der Waals surface area contributed by atoms with Crippen LogP contribution in [0.3, 0.4) is 0 Å². The van der Waals surface area contributed by atoms with Crippen molar-refractivity contribution in [1.82, 2.24) is 19.5 Å². The Labute approximate surface area is 154 Å². The lowest BCUT2D eigenvalue weighted by Crippen LogP contribution is -2.07. The van der Waals surface area contributed by atoms with Crippen molar-refractivity contribution in [2.24, 2.45) is 0 Å². The number of nitrogens with zero attached hydrogens (tertiary/aromatic N) is 4. The van der Waals surface area contributed by atoms with Crippen molar-refractivity contribution in [3.05, 3.63) is 67.3 Å². The first-order chi connectivity index (χ1) is 13.4. The largest absolute Gasteiger partial charge is 0.472 e. The lowest BCUT2D eigenvalue weighted by atomic mass is 10.1. The Morgan fingerprint density at radius 2 is 2.11 bits per heavy atom. The van der Waals surface area contributed by atoms with Crippen molar-refractivity contribution < 1.29 is 13.9 Å². The van der Waals surface area contributed by atoms with Crippen LogP contribution in [-0.4, -0.2) is 26.3 Å². The molecule has 1 aliphatic heterocycles. The molecule has 0 atom stereocenters. The van der Waals surface area contributed by atoms with Crippen molar-refractivity contribution in [3.8, 4) is 28.6 Å². The van der Waals surface area contributed by atoms with Gasteiger partial charge in [0.05, 0.1) is 12.5 Å². The number of aromatic nitrogens is 4. The van der Waals surface area contributed by atoms with Crippen LogP contribution in [0, 0.1) is 0 Å². The summed E-state index contributed by atoms with van der Waals surface area (Å²) in [6, 6.07) is 7.75. The quantitative estimate of drug-likeness (QED) is 0.584. The molecule has 0 fully saturated rings. The maximum atomic E-state index is 5.44. The lowest BCUT2D eigenvalue weighted by Gasteiger charge is -2.12. The highest BCUT2D eigenvalue weighted by Crippen LogP contribution is 2.33. The molecule has 0 saturated carbocycles. The molecular formula is C19H15N5O3. The highest BCUT2D eigenvalue weighted by Gasteiger charge is 2.15. The molecule has 4 aromatic rings. The summed E-state index contributed by atoms with van der Waals surface area (Å²) in [6.07, 6.45) is 10.2. The van der Waals surface area contributed by atoms with Gasteiger partial charge in [-0.15, -0.1) is 0 Å². The first kappa shape index (κ1) is 15.4. The number of furan rings is 1. The molecule has 1 aromatic carbocycles. The van der Waals surface area contributed by atoms with Crippen molar-refractivity contribution in [2.75, 3.05) is 12.1 Å². The molecule has 0 saturated heterocycles. The fourth-order valence-electron chi connectivity index (χ4n) is 2.87. The van der Waals surface area contributed by atoms with Gasteiger partial charge >= 0.3 is 0 Å². The Morgan fingerprint density at radius 1 is 1.15 bits per heavy atom. The Bertz CT molecular complexity index is 1060. The van der Waals surface area contributed by atoms with E-state index in [1.807, 2.05) is 24.3 Å². The number of benzene rings is 1. The van der Waals surface area contributed by atoms with Crippen LogP contribution in [0.15, 0.2) is 66.1 Å². The first-order valence-electron chi connectivity index (χ1n) is 8.37. The van der Waals surface area contributed by atoms with Gasteiger partial charge in [0.2, 0.25) is 12.7 Å². The number of rotatable bonds is 5. The molecule has 1 aliphatic rings. The summed E-state index contributed by atoms with van der Waals surface area (Å²) >= 11 is 0. The molecule has 0 spiro atoms. The molecule has 0 aliphatic carbocycles. The molecule has 0 unspecified atom stereocenters. The van der Waals surface area contributed by atoms with Crippen LogP contribution in [-0.2, 0) is 6.54 Å². The first-order valence-corrected chi connectivity index (χ1v) is 8.37. The second kappa shape index (κ2) is 6.49. The Hall–Kier alpha value is -3.81. The maximum absolute atomic E-state index is 5.44. The number of ether oxygens (including phenoxy) is 2. The molecule has 8 nitrogen and oxygen atoms in total. The molecule has 27 heavy (non-hydrogen) atoms. The zero-order valence-corrected chi connectivity index (χ0v) is 14.2. The predicted molar refractivity (Wildman–Crippen MR) is 96.7 cm³/mol. The summed E-state index contributed by atoms with van der Waals surface area (Å²) in [5.41, 5.74) is 2.81. The van der Waals surface area contributed by atoms with Gasteiger partial charge in [0, 0.05) is 36.3 Å². The Kier molecular flexibility index (Phi) is 3.71. The van der Waals surface area contributed by atoms with E-state index in [0.717, 1.165) is 28.2 Å². The zero-order valence-electron chi connectivity index (χ0n) is 14.2. The molecule has 0 radical (unpaired) electrons. The van der Waals surface area contributed by atoms with E-state index in [0.29, 0.717) is 18.3 Å². The topological polar surface area (TPSA) is 87.2 Å². The van der Waals surface area contributed by atoms with Gasteiger partial charge in [-0.3, -0.25) is 4.57 Å². The SMILES string of the molecule is c1cn(-c2ncc(-c3ccoc3)c(NCc3ccc4c(c3)OCO4)n2)cn1. The smallest absolute Gasteiger partial charge is 0.236 e. The fourth-order valence-corrected chi connectivity index (χ4v) is 2.87. The summed E-state index contributed by atoms with van der Waals surface area (Å²) in [7, 11) is 0. The van der Waals surface area contributed by atoms with Crippen LogP contribution in [0.5, 0.6) is 11.5 Å². The van der Waals surface area contributed by atoms with Gasteiger partial charge in [-0.25, -0.2) is 9.97 Å². The lowest BCUT2D eigenvalue weighted by molar-refractivity contribution is 0.174. The highest BCUT2D eigenvalue weighted by molar-refractivity contribution is 5.74. The third-order valence-electron chi connectivity index (χ3n) is 4.24. The molecule has 8 heteroatoms. The van der Waals surface area contributed by atoms with E-state index in [1.165, 1.54) is 0 Å². The zero-order chi connectivity index (χ0) is 18.1. The third-order valence-corrected chi connectivity index (χ3v) is 4.24. The van der Waals surface area contributed by atoms with E-state index in [1.54, 1.807) is 42.0 Å². The molecule has 4 heterocycles. The summed E-state index contributed by atoms with van der Waals surface area (Å²) in [6.45, 7) is 0.832. The van der Waals surface area contributed by atoms with E-state index >= 15 is 0 Å². The minimum atomic E-state index is 0.261. The normalized spacial score (nSPS) is 12.3. The summed E-state index contributed by atoms with van der Waals surface area (Å²) in [5.74, 6) is 2.76. The van der Waals surface area contributed by atoms with Gasteiger partial charge < -0.3 is 19.2 Å². The second-order valence-corrected chi connectivity index (χ2v) is 5.96. The van der Waals surface area contributed by atoms with Crippen LogP contribution >= 0.6 is 0 Å². The molecule has 3 aromatic heterocycles. The van der Waals surface area contributed by atoms with Gasteiger partial charge in [-0.2, -0.15) is 4.98 Å². The van der Waals surface area contributed by atoms with Gasteiger partial charge in [0.15, 0.2) is 11.5 Å². The van der Waals surface area contributed by atoms with Gasteiger partial charge in [0.1, 0.15) is 12.1 Å². The molecular weight excluding hydrogens is 346 g/mol. The number of imidazole rings is 1. The average molecular weight is 361 g/mol. The summed E-state index contributed by atoms with van der Waals surface area (Å²) in [5, 5.41) is 3.39. The van der Waals surface area contributed by atoms with Crippen LogP contribution in [0.25, 0.3) is 17.1 Å². The van der Waals surface area contributed by atoms with E-state index in [9.17, 15) is 0 Å². The van der Waals surface area contributed by atoms with E-state index in [-0.39, 0.29) is 6.79 Å². The van der Waals surface area contributed by atoms with Crippen molar-refractivity contribution in [1.29, 1.82) is 0 Å². The fraction of sp³-hybridized carbons (Fsp3) is 0.105. The van der Waals surface area contributed by atoms with Crippen molar-refractivity contribution in [2.45, 2.75) is 6.54 Å². The standard InChI is InChI=1S/C19H15N5O3/c1-2-16-17(27-12-26-16)7-13(1)8-21-18-15(14-3-6-25-10-14)9-22-19(23-18)24-5-4-20-11-24/h1-7,9-11H,8,12H2,(H,21,22,23). The molecule has 134 valence electrons. The minimum Gasteiger partial charge on any atom is -0.472 e. The Balaban J connectivity index is 1.46. The van der Waals surface area contributed by atoms with Gasteiger partial charge in [-0.1, -0.05) is 6.07 Å². The van der Waals surface area contributed by atoms with E-state index in [4.69, 9.17) is 13.9 Å². The highest BCUT2D eigenvalue weighted by atomic mass is 16.7. The maximum Gasteiger partial charge on any atom is 0.236 e. The van der Waals surface area contributed by atoms with Gasteiger partial charge in [-0.05, 0) is 23.8 Å². The van der Waals surface area contributed by atoms with E-state index < -0.39 is 0 Å². The van der Waals surface area contributed by atoms with Crippen molar-refractivity contribution >= 4 is 5.82 Å². The molecule has 0 amide bonds. The predicted octanol–water partition coefficient (Wildman–Crippen LogP) is 3.26.